The van der Waals surface area contributed by atoms with Crippen molar-refractivity contribution < 1.29 is 0 Å². The molecule has 0 radical (unpaired) electrons. The number of amidine groups is 1. The molecule has 1 N–H and O–H groups in total. The van der Waals surface area contributed by atoms with Crippen molar-refractivity contribution in [1.29, 1.82) is 0 Å². The standard InChI is InChI=1S/C13H16N2S/c1-9-2-3-10-4-5-12(11(10)8-9)15-13-14-6-7-16-13/h2-3,8,12H,4-7H2,1H3,(H,14,15). The maximum Gasteiger partial charge on any atom is 0.157 e. The summed E-state index contributed by atoms with van der Waals surface area (Å²) < 4.78 is 0. The van der Waals surface area contributed by atoms with Crippen molar-refractivity contribution in [1.82, 2.24) is 5.32 Å². The summed E-state index contributed by atoms with van der Waals surface area (Å²) in [5.74, 6) is 1.13. The van der Waals surface area contributed by atoms with Gasteiger partial charge in [0.15, 0.2) is 5.17 Å². The van der Waals surface area contributed by atoms with E-state index in [2.05, 4.69) is 35.4 Å². The molecule has 84 valence electrons. The molecule has 1 aliphatic carbocycles. The molecular formula is C13H16N2S. The van der Waals surface area contributed by atoms with Gasteiger partial charge in [-0.25, -0.2) is 0 Å². The number of thioether (sulfide) groups is 1. The number of nitrogens with zero attached hydrogens (tertiary/aromatic N) is 1. The molecule has 1 atom stereocenters. The number of fused-ring (bicyclic) bond motifs is 1. The Hall–Kier alpha value is -0.960. The fraction of sp³-hybridized carbons (Fsp3) is 0.462. The monoisotopic (exact) mass is 232 g/mol. The lowest BCUT2D eigenvalue weighted by Gasteiger charge is -2.15. The molecule has 0 saturated heterocycles. The van der Waals surface area contributed by atoms with E-state index < -0.39 is 0 Å². The molecule has 0 amide bonds. The first-order valence-corrected chi connectivity index (χ1v) is 6.85. The van der Waals surface area contributed by atoms with Crippen LogP contribution in [-0.2, 0) is 6.42 Å². The van der Waals surface area contributed by atoms with Gasteiger partial charge in [0.2, 0.25) is 0 Å². The Bertz CT molecular complexity index is 440. The number of hydrogen-bond acceptors (Lipinski definition) is 3. The van der Waals surface area contributed by atoms with Crippen molar-refractivity contribution in [2.24, 2.45) is 4.99 Å². The molecule has 1 aliphatic heterocycles. The smallest absolute Gasteiger partial charge is 0.157 e. The first kappa shape index (κ1) is 10.2. The molecule has 0 spiro atoms. The minimum atomic E-state index is 0.485. The van der Waals surface area contributed by atoms with Gasteiger partial charge in [0.1, 0.15) is 0 Å². The van der Waals surface area contributed by atoms with Crippen molar-refractivity contribution >= 4 is 16.9 Å². The third kappa shape index (κ3) is 1.84. The quantitative estimate of drug-likeness (QED) is 0.805. The second kappa shape index (κ2) is 4.13. The minimum absolute atomic E-state index is 0.485. The summed E-state index contributed by atoms with van der Waals surface area (Å²) in [4.78, 5) is 4.46. The van der Waals surface area contributed by atoms with Crippen LogP contribution in [0.1, 0.15) is 29.2 Å². The Kier molecular flexibility index (Phi) is 2.64. The van der Waals surface area contributed by atoms with Gasteiger partial charge in [-0.3, -0.25) is 4.99 Å². The highest BCUT2D eigenvalue weighted by molar-refractivity contribution is 8.14. The summed E-state index contributed by atoms with van der Waals surface area (Å²) in [6, 6.07) is 7.29. The molecule has 1 unspecified atom stereocenters. The number of rotatable bonds is 1. The van der Waals surface area contributed by atoms with E-state index in [0.29, 0.717) is 6.04 Å². The van der Waals surface area contributed by atoms with E-state index in [9.17, 15) is 0 Å². The third-order valence-electron chi connectivity index (χ3n) is 3.26. The maximum atomic E-state index is 4.46. The van der Waals surface area contributed by atoms with Gasteiger partial charge >= 0.3 is 0 Å². The zero-order chi connectivity index (χ0) is 11.0. The van der Waals surface area contributed by atoms with Crippen LogP contribution in [0.15, 0.2) is 23.2 Å². The van der Waals surface area contributed by atoms with E-state index in [-0.39, 0.29) is 0 Å². The van der Waals surface area contributed by atoms with E-state index in [4.69, 9.17) is 0 Å². The van der Waals surface area contributed by atoms with Gasteiger partial charge in [-0.05, 0) is 30.9 Å². The molecular weight excluding hydrogens is 216 g/mol. The zero-order valence-electron chi connectivity index (χ0n) is 9.49. The topological polar surface area (TPSA) is 24.4 Å². The molecule has 16 heavy (non-hydrogen) atoms. The summed E-state index contributed by atoms with van der Waals surface area (Å²) in [5, 5.41) is 4.71. The Labute approximate surface area is 101 Å². The lowest BCUT2D eigenvalue weighted by atomic mass is 10.1. The molecule has 0 aromatic heterocycles. The molecule has 2 nitrogen and oxygen atoms in total. The van der Waals surface area contributed by atoms with Crippen LogP contribution in [0, 0.1) is 6.92 Å². The number of aryl methyl sites for hydroxylation is 2. The summed E-state index contributed by atoms with van der Waals surface area (Å²) in [6.45, 7) is 3.14. The molecule has 0 bridgehead atoms. The molecule has 1 aromatic carbocycles. The SMILES string of the molecule is Cc1ccc2c(c1)C(NC1=NCCS1)CC2. The van der Waals surface area contributed by atoms with Crippen molar-refractivity contribution in [3.63, 3.8) is 0 Å². The summed E-state index contributed by atoms with van der Waals surface area (Å²) in [5.41, 5.74) is 4.34. The average molecular weight is 232 g/mol. The van der Waals surface area contributed by atoms with Crippen LogP contribution in [0.2, 0.25) is 0 Å². The second-order valence-corrected chi connectivity index (χ2v) is 5.56. The fourth-order valence-corrected chi connectivity index (χ4v) is 3.23. The van der Waals surface area contributed by atoms with Crippen LogP contribution < -0.4 is 5.32 Å². The van der Waals surface area contributed by atoms with Gasteiger partial charge in [0.25, 0.3) is 0 Å². The van der Waals surface area contributed by atoms with Crippen LogP contribution in [0.5, 0.6) is 0 Å². The van der Waals surface area contributed by atoms with Gasteiger partial charge in [-0.15, -0.1) is 0 Å². The predicted molar refractivity (Wildman–Crippen MR) is 70.1 cm³/mol. The van der Waals surface area contributed by atoms with Crippen molar-refractivity contribution in [2.45, 2.75) is 25.8 Å². The van der Waals surface area contributed by atoms with Gasteiger partial charge in [0.05, 0.1) is 12.6 Å². The number of aliphatic imine (C=N–C) groups is 1. The molecule has 2 aliphatic rings. The zero-order valence-corrected chi connectivity index (χ0v) is 10.3. The van der Waals surface area contributed by atoms with Gasteiger partial charge in [-0.1, -0.05) is 35.5 Å². The largest absolute Gasteiger partial charge is 0.358 e. The van der Waals surface area contributed by atoms with Crippen LogP contribution >= 0.6 is 11.8 Å². The highest BCUT2D eigenvalue weighted by Crippen LogP contribution is 2.32. The van der Waals surface area contributed by atoms with E-state index in [1.54, 1.807) is 0 Å². The van der Waals surface area contributed by atoms with Gasteiger partial charge < -0.3 is 5.32 Å². The Morgan fingerprint density at radius 3 is 3.19 bits per heavy atom. The molecule has 3 heteroatoms. The van der Waals surface area contributed by atoms with Crippen molar-refractivity contribution in [2.75, 3.05) is 12.3 Å². The lowest BCUT2D eigenvalue weighted by Crippen LogP contribution is -2.23. The Morgan fingerprint density at radius 2 is 2.38 bits per heavy atom. The van der Waals surface area contributed by atoms with Gasteiger partial charge in [-0.2, -0.15) is 0 Å². The highest BCUT2D eigenvalue weighted by atomic mass is 32.2. The summed E-state index contributed by atoms with van der Waals surface area (Å²) in [6.07, 6.45) is 2.41. The fourth-order valence-electron chi connectivity index (χ4n) is 2.44. The van der Waals surface area contributed by atoms with Crippen LogP contribution in [0.25, 0.3) is 0 Å². The Balaban J connectivity index is 1.82. The second-order valence-electron chi connectivity index (χ2n) is 4.47. The van der Waals surface area contributed by atoms with Crippen LogP contribution in [0.4, 0.5) is 0 Å². The first-order valence-electron chi connectivity index (χ1n) is 5.86. The predicted octanol–water partition coefficient (Wildman–Crippen LogP) is 2.67. The van der Waals surface area contributed by atoms with Crippen LogP contribution in [-0.4, -0.2) is 17.5 Å². The van der Waals surface area contributed by atoms with Crippen molar-refractivity contribution in [3.8, 4) is 0 Å². The van der Waals surface area contributed by atoms with E-state index in [1.807, 2.05) is 11.8 Å². The lowest BCUT2D eigenvalue weighted by molar-refractivity contribution is 0.644. The summed E-state index contributed by atoms with van der Waals surface area (Å²) in [7, 11) is 0. The molecule has 0 saturated carbocycles. The third-order valence-corrected chi connectivity index (χ3v) is 4.17. The number of benzene rings is 1. The highest BCUT2D eigenvalue weighted by Gasteiger charge is 2.23. The number of hydrogen-bond donors (Lipinski definition) is 1. The van der Waals surface area contributed by atoms with Crippen LogP contribution in [0.3, 0.4) is 0 Å². The van der Waals surface area contributed by atoms with Gasteiger partial charge in [0, 0.05) is 5.75 Å². The molecule has 0 fully saturated rings. The Morgan fingerprint density at radius 1 is 1.44 bits per heavy atom. The van der Waals surface area contributed by atoms with E-state index >= 15 is 0 Å². The van der Waals surface area contributed by atoms with Crippen molar-refractivity contribution in [3.05, 3.63) is 34.9 Å². The number of nitrogens with one attached hydrogen (secondary N) is 1. The van der Waals surface area contributed by atoms with E-state index in [1.165, 1.54) is 29.5 Å². The minimum Gasteiger partial charge on any atom is -0.358 e. The maximum absolute atomic E-state index is 4.46. The molecule has 1 heterocycles. The molecule has 3 rings (SSSR count). The molecule has 1 aromatic rings. The summed E-state index contributed by atoms with van der Waals surface area (Å²) >= 11 is 1.85. The van der Waals surface area contributed by atoms with E-state index in [0.717, 1.165) is 17.5 Å². The first-order chi connectivity index (χ1) is 7.83. The average Bonchev–Trinajstić information content (AvgIpc) is 2.90. The normalized spacial score (nSPS) is 23.1.